The SMILES string of the molecule is COc1cc(S(=O)(=O)N2CCC3(CC2)COC(C)C3)ccc1-c1cccnc1. The van der Waals surface area contributed by atoms with Crippen molar-refractivity contribution < 1.29 is 17.9 Å². The van der Waals surface area contributed by atoms with E-state index in [2.05, 4.69) is 11.9 Å². The van der Waals surface area contributed by atoms with E-state index in [0.29, 0.717) is 18.8 Å². The van der Waals surface area contributed by atoms with Gasteiger partial charge in [-0.25, -0.2) is 8.42 Å². The average molecular weight is 403 g/mol. The minimum atomic E-state index is -3.56. The monoisotopic (exact) mass is 402 g/mol. The summed E-state index contributed by atoms with van der Waals surface area (Å²) >= 11 is 0. The molecule has 2 aromatic rings. The summed E-state index contributed by atoms with van der Waals surface area (Å²) < 4.78 is 39.2. The molecule has 0 radical (unpaired) electrons. The first-order valence-corrected chi connectivity index (χ1v) is 11.1. The molecule has 0 N–H and O–H groups in total. The molecule has 3 heterocycles. The summed E-state index contributed by atoms with van der Waals surface area (Å²) in [5.74, 6) is 0.528. The van der Waals surface area contributed by atoms with Crippen LogP contribution in [0.5, 0.6) is 5.75 Å². The summed E-state index contributed by atoms with van der Waals surface area (Å²) in [6, 6.07) is 8.83. The molecule has 1 aromatic heterocycles. The molecular formula is C21H26N2O4S. The summed E-state index contributed by atoms with van der Waals surface area (Å²) in [4.78, 5) is 4.40. The first-order valence-electron chi connectivity index (χ1n) is 9.64. The fraction of sp³-hybridized carbons (Fsp3) is 0.476. The van der Waals surface area contributed by atoms with Gasteiger partial charge in [0, 0.05) is 42.7 Å². The summed E-state index contributed by atoms with van der Waals surface area (Å²) in [7, 11) is -2.00. The molecule has 1 spiro atoms. The van der Waals surface area contributed by atoms with Gasteiger partial charge in [-0.05, 0) is 49.8 Å². The molecule has 0 bridgehead atoms. The van der Waals surface area contributed by atoms with E-state index in [1.807, 2.05) is 12.1 Å². The van der Waals surface area contributed by atoms with Crippen LogP contribution in [0.1, 0.15) is 26.2 Å². The van der Waals surface area contributed by atoms with Crippen molar-refractivity contribution in [3.63, 3.8) is 0 Å². The molecule has 1 unspecified atom stereocenters. The van der Waals surface area contributed by atoms with Gasteiger partial charge in [-0.3, -0.25) is 4.98 Å². The number of ether oxygens (including phenoxy) is 2. The van der Waals surface area contributed by atoms with Gasteiger partial charge in [0.25, 0.3) is 0 Å². The second-order valence-corrected chi connectivity index (χ2v) is 9.77. The van der Waals surface area contributed by atoms with Crippen LogP contribution in [0.4, 0.5) is 0 Å². The largest absolute Gasteiger partial charge is 0.496 e. The molecule has 2 aliphatic rings. The first-order chi connectivity index (χ1) is 13.4. The van der Waals surface area contributed by atoms with Crippen LogP contribution in [0.15, 0.2) is 47.6 Å². The van der Waals surface area contributed by atoms with Crippen molar-refractivity contribution in [3.05, 3.63) is 42.7 Å². The normalized spacial score (nSPS) is 22.4. The van der Waals surface area contributed by atoms with E-state index in [9.17, 15) is 8.42 Å². The Kier molecular flexibility index (Phi) is 5.16. The Labute approximate surface area is 166 Å². The minimum absolute atomic E-state index is 0.146. The van der Waals surface area contributed by atoms with E-state index in [0.717, 1.165) is 37.0 Å². The van der Waals surface area contributed by atoms with Gasteiger partial charge in [0.2, 0.25) is 10.0 Å². The summed E-state index contributed by atoms with van der Waals surface area (Å²) in [5.41, 5.74) is 1.86. The second-order valence-electron chi connectivity index (χ2n) is 7.83. The summed E-state index contributed by atoms with van der Waals surface area (Å²) in [6.45, 7) is 3.90. The first kappa shape index (κ1) is 19.4. The molecule has 150 valence electrons. The lowest BCUT2D eigenvalue weighted by Gasteiger charge is -2.37. The highest BCUT2D eigenvalue weighted by Gasteiger charge is 2.43. The fourth-order valence-corrected chi connectivity index (χ4v) is 5.80. The van der Waals surface area contributed by atoms with Crippen LogP contribution in [-0.2, 0) is 14.8 Å². The zero-order chi connectivity index (χ0) is 19.8. The smallest absolute Gasteiger partial charge is 0.243 e. The van der Waals surface area contributed by atoms with E-state index >= 15 is 0 Å². The maximum absolute atomic E-state index is 13.2. The predicted octanol–water partition coefficient (Wildman–Crippen LogP) is 3.34. The van der Waals surface area contributed by atoms with Gasteiger partial charge in [-0.15, -0.1) is 0 Å². The molecule has 6 nitrogen and oxygen atoms in total. The molecular weight excluding hydrogens is 376 g/mol. The molecule has 0 aliphatic carbocycles. The van der Waals surface area contributed by atoms with E-state index in [1.165, 1.54) is 0 Å². The number of sulfonamides is 1. The Morgan fingerprint density at radius 3 is 2.64 bits per heavy atom. The van der Waals surface area contributed by atoms with Gasteiger partial charge in [0.05, 0.1) is 24.7 Å². The van der Waals surface area contributed by atoms with Crippen LogP contribution in [0, 0.1) is 5.41 Å². The second kappa shape index (κ2) is 7.46. The Morgan fingerprint density at radius 2 is 2.04 bits per heavy atom. The number of hydrogen-bond donors (Lipinski definition) is 0. The highest BCUT2D eigenvalue weighted by molar-refractivity contribution is 7.89. The van der Waals surface area contributed by atoms with Crippen LogP contribution >= 0.6 is 0 Å². The minimum Gasteiger partial charge on any atom is -0.496 e. The zero-order valence-corrected chi connectivity index (χ0v) is 17.1. The summed E-state index contributed by atoms with van der Waals surface area (Å²) in [6.07, 6.45) is 6.43. The molecule has 0 saturated carbocycles. The van der Waals surface area contributed by atoms with E-state index in [4.69, 9.17) is 9.47 Å². The van der Waals surface area contributed by atoms with E-state index < -0.39 is 10.0 Å². The summed E-state index contributed by atoms with van der Waals surface area (Å²) in [5, 5.41) is 0. The maximum atomic E-state index is 13.2. The Morgan fingerprint density at radius 1 is 1.25 bits per heavy atom. The van der Waals surface area contributed by atoms with Gasteiger partial charge in [-0.1, -0.05) is 6.07 Å². The third-order valence-corrected chi connectivity index (χ3v) is 7.86. The molecule has 0 amide bonds. The topological polar surface area (TPSA) is 68.7 Å². The predicted molar refractivity (Wildman–Crippen MR) is 107 cm³/mol. The van der Waals surface area contributed by atoms with Crippen LogP contribution in [0.25, 0.3) is 11.1 Å². The van der Waals surface area contributed by atoms with Crippen molar-refractivity contribution in [2.45, 2.75) is 37.2 Å². The molecule has 2 saturated heterocycles. The lowest BCUT2D eigenvalue weighted by Crippen LogP contribution is -2.43. The van der Waals surface area contributed by atoms with Gasteiger partial charge < -0.3 is 9.47 Å². The highest BCUT2D eigenvalue weighted by atomic mass is 32.2. The van der Waals surface area contributed by atoms with Crippen LogP contribution in [-0.4, -0.2) is 50.6 Å². The third kappa shape index (κ3) is 3.54. The average Bonchev–Trinajstić information content (AvgIpc) is 3.08. The lowest BCUT2D eigenvalue weighted by molar-refractivity contribution is 0.0859. The van der Waals surface area contributed by atoms with Crippen molar-refractivity contribution >= 4 is 10.0 Å². The molecule has 2 fully saturated rings. The van der Waals surface area contributed by atoms with Crippen molar-refractivity contribution in [2.75, 3.05) is 26.8 Å². The number of methoxy groups -OCH3 is 1. The zero-order valence-electron chi connectivity index (χ0n) is 16.3. The number of benzene rings is 1. The highest BCUT2D eigenvalue weighted by Crippen LogP contribution is 2.43. The van der Waals surface area contributed by atoms with Crippen LogP contribution in [0.3, 0.4) is 0 Å². The quantitative estimate of drug-likeness (QED) is 0.785. The van der Waals surface area contributed by atoms with Crippen molar-refractivity contribution in [1.29, 1.82) is 0 Å². The third-order valence-electron chi connectivity index (χ3n) is 5.96. The van der Waals surface area contributed by atoms with E-state index in [-0.39, 0.29) is 16.4 Å². The molecule has 7 heteroatoms. The number of hydrogen-bond acceptors (Lipinski definition) is 5. The molecule has 1 aromatic carbocycles. The molecule has 4 rings (SSSR count). The molecule has 28 heavy (non-hydrogen) atoms. The lowest BCUT2D eigenvalue weighted by atomic mass is 9.77. The number of nitrogens with zero attached hydrogens (tertiary/aromatic N) is 2. The Bertz CT molecular complexity index is 938. The number of aromatic nitrogens is 1. The van der Waals surface area contributed by atoms with Gasteiger partial charge in [0.1, 0.15) is 5.75 Å². The number of piperidine rings is 1. The molecule has 2 aliphatic heterocycles. The number of rotatable bonds is 4. The van der Waals surface area contributed by atoms with Crippen molar-refractivity contribution in [2.24, 2.45) is 5.41 Å². The van der Waals surface area contributed by atoms with Crippen LogP contribution < -0.4 is 4.74 Å². The van der Waals surface area contributed by atoms with E-state index in [1.54, 1.807) is 42.0 Å². The number of pyridine rings is 1. The van der Waals surface area contributed by atoms with Gasteiger partial charge in [-0.2, -0.15) is 4.31 Å². The van der Waals surface area contributed by atoms with Crippen LogP contribution in [0.2, 0.25) is 0 Å². The van der Waals surface area contributed by atoms with Gasteiger partial charge in [0.15, 0.2) is 0 Å². The Hall–Kier alpha value is -1.96. The standard InChI is InChI=1S/C21H26N2O4S/c1-16-13-21(15-27-16)7-10-23(11-8-21)28(24,25)18-5-6-19(20(12-18)26-2)17-4-3-9-22-14-17/h3-6,9,12,14,16H,7-8,10-11,13,15H2,1-2H3. The Balaban J connectivity index is 1.56. The van der Waals surface area contributed by atoms with Crippen molar-refractivity contribution in [3.8, 4) is 16.9 Å². The fourth-order valence-electron chi connectivity index (χ4n) is 4.34. The van der Waals surface area contributed by atoms with Crippen molar-refractivity contribution in [1.82, 2.24) is 9.29 Å². The van der Waals surface area contributed by atoms with Gasteiger partial charge >= 0.3 is 0 Å². The maximum Gasteiger partial charge on any atom is 0.243 e. The molecule has 1 atom stereocenters.